The molecule has 0 aliphatic rings. The zero-order chi connectivity index (χ0) is 14.5. The summed E-state index contributed by atoms with van der Waals surface area (Å²) >= 11 is 5.96. The lowest BCUT2D eigenvalue weighted by Crippen LogP contribution is -2.25. The second-order valence-electron chi connectivity index (χ2n) is 3.96. The molecule has 104 valence electrons. The van der Waals surface area contributed by atoms with Crippen LogP contribution in [0, 0.1) is 12.3 Å². The van der Waals surface area contributed by atoms with Crippen molar-refractivity contribution in [2.75, 3.05) is 5.32 Å². The molecule has 0 saturated heterocycles. The summed E-state index contributed by atoms with van der Waals surface area (Å²) in [5.41, 5.74) is -0.147. The van der Waals surface area contributed by atoms with Crippen molar-refractivity contribution in [3.63, 3.8) is 0 Å². The Morgan fingerprint density at radius 1 is 1.55 bits per heavy atom. The summed E-state index contributed by atoms with van der Waals surface area (Å²) in [5, 5.41) is 6.98. The van der Waals surface area contributed by atoms with E-state index < -0.39 is 0 Å². The maximum atomic E-state index is 12.1. The predicted molar refractivity (Wildman–Crippen MR) is 75.5 cm³/mol. The van der Waals surface area contributed by atoms with Crippen LogP contribution in [0.3, 0.4) is 0 Å². The van der Waals surface area contributed by atoms with Gasteiger partial charge in [0.1, 0.15) is 18.0 Å². The topological polar surface area (TPSA) is 73.0 Å². The first-order valence-corrected chi connectivity index (χ1v) is 6.40. The normalized spacial score (nSPS) is 10.2. The number of terminal acetylenes is 1. The van der Waals surface area contributed by atoms with Gasteiger partial charge >= 0.3 is 0 Å². The van der Waals surface area contributed by atoms with Gasteiger partial charge < -0.3 is 9.73 Å². The van der Waals surface area contributed by atoms with E-state index in [0.29, 0.717) is 5.89 Å². The Balaban J connectivity index is 2.18. The molecule has 0 fully saturated rings. The molecule has 0 aromatic carbocycles. The molecule has 1 N–H and O–H groups in total. The number of oxazole rings is 1. The average molecular weight is 293 g/mol. The smallest absolute Gasteiger partial charge is 0.292 e. The molecule has 2 rings (SSSR count). The molecule has 7 heteroatoms. The van der Waals surface area contributed by atoms with Crippen LogP contribution in [0.5, 0.6) is 0 Å². The Morgan fingerprint density at radius 3 is 3.00 bits per heavy atom. The number of rotatable bonds is 5. The fraction of sp³-hybridized carbons (Fsp3) is 0.308. The highest BCUT2D eigenvalue weighted by Gasteiger charge is 2.10. The van der Waals surface area contributed by atoms with Gasteiger partial charge in [-0.2, -0.15) is 5.10 Å². The van der Waals surface area contributed by atoms with Crippen molar-refractivity contribution in [3.8, 4) is 12.3 Å². The number of aryl methyl sites for hydroxylation is 1. The number of halogens is 1. The minimum atomic E-state index is -0.377. The molecule has 0 bridgehead atoms. The molecule has 0 saturated carbocycles. The van der Waals surface area contributed by atoms with Gasteiger partial charge in [0, 0.05) is 6.42 Å². The summed E-state index contributed by atoms with van der Waals surface area (Å²) in [6.45, 7) is 2.31. The average Bonchev–Trinajstić information content (AvgIpc) is 2.90. The molecule has 0 radical (unpaired) electrons. The van der Waals surface area contributed by atoms with Gasteiger partial charge in [0.25, 0.3) is 5.56 Å². The number of anilines is 1. The van der Waals surface area contributed by atoms with Gasteiger partial charge in [-0.15, -0.1) is 6.42 Å². The Hall–Kier alpha value is -2.26. The van der Waals surface area contributed by atoms with Crippen molar-refractivity contribution in [3.05, 3.63) is 39.4 Å². The Kier molecular flexibility index (Phi) is 4.43. The Morgan fingerprint density at radius 2 is 2.35 bits per heavy atom. The molecule has 0 amide bonds. The highest BCUT2D eigenvalue weighted by atomic mass is 35.5. The van der Waals surface area contributed by atoms with Gasteiger partial charge in [-0.1, -0.05) is 24.4 Å². The zero-order valence-corrected chi connectivity index (χ0v) is 11.6. The number of aromatic nitrogens is 3. The summed E-state index contributed by atoms with van der Waals surface area (Å²) < 4.78 is 6.59. The van der Waals surface area contributed by atoms with Gasteiger partial charge in [0.05, 0.1) is 24.0 Å². The molecular formula is C13H13ClN4O2. The van der Waals surface area contributed by atoms with Gasteiger partial charge in [-0.3, -0.25) is 4.79 Å². The van der Waals surface area contributed by atoms with Crippen molar-refractivity contribution >= 4 is 17.3 Å². The zero-order valence-electron chi connectivity index (χ0n) is 10.9. The van der Waals surface area contributed by atoms with Gasteiger partial charge in [-0.25, -0.2) is 9.67 Å². The minimum absolute atomic E-state index is 0.0870. The van der Waals surface area contributed by atoms with E-state index in [1.165, 1.54) is 6.20 Å². The first-order chi connectivity index (χ1) is 9.65. The quantitative estimate of drug-likeness (QED) is 0.849. The van der Waals surface area contributed by atoms with Crippen LogP contribution in [0.25, 0.3) is 0 Å². The van der Waals surface area contributed by atoms with E-state index in [1.54, 1.807) is 6.20 Å². The van der Waals surface area contributed by atoms with Crippen molar-refractivity contribution in [1.82, 2.24) is 14.8 Å². The molecule has 0 spiro atoms. The monoisotopic (exact) mass is 292 g/mol. The summed E-state index contributed by atoms with van der Waals surface area (Å²) in [4.78, 5) is 16.2. The Labute approximate surface area is 120 Å². The van der Waals surface area contributed by atoms with Crippen LogP contribution >= 0.6 is 11.6 Å². The van der Waals surface area contributed by atoms with E-state index in [-0.39, 0.29) is 29.4 Å². The molecule has 0 aliphatic heterocycles. The first-order valence-electron chi connectivity index (χ1n) is 6.02. The molecule has 2 heterocycles. The second kappa shape index (κ2) is 6.26. The lowest BCUT2D eigenvalue weighted by Gasteiger charge is -2.07. The molecule has 0 unspecified atom stereocenters. The summed E-state index contributed by atoms with van der Waals surface area (Å²) in [5.74, 6) is 3.62. The van der Waals surface area contributed by atoms with Crippen LogP contribution < -0.4 is 10.9 Å². The molecule has 2 aromatic heterocycles. The van der Waals surface area contributed by atoms with E-state index in [1.807, 2.05) is 6.92 Å². The molecule has 6 nitrogen and oxygen atoms in total. The van der Waals surface area contributed by atoms with Crippen molar-refractivity contribution in [2.24, 2.45) is 0 Å². The number of hydrogen-bond donors (Lipinski definition) is 1. The van der Waals surface area contributed by atoms with Gasteiger partial charge in [0.15, 0.2) is 0 Å². The van der Waals surface area contributed by atoms with E-state index in [4.69, 9.17) is 22.4 Å². The lowest BCUT2D eigenvalue weighted by molar-refractivity contribution is 0.465. The van der Waals surface area contributed by atoms with E-state index in [2.05, 4.69) is 21.3 Å². The minimum Gasteiger partial charge on any atom is -0.444 e. The third kappa shape index (κ3) is 3.00. The van der Waals surface area contributed by atoms with E-state index in [9.17, 15) is 4.79 Å². The van der Waals surface area contributed by atoms with Crippen LogP contribution in [-0.4, -0.2) is 14.8 Å². The summed E-state index contributed by atoms with van der Waals surface area (Å²) in [6, 6.07) is 0. The van der Waals surface area contributed by atoms with Crippen LogP contribution in [0.4, 0.5) is 5.69 Å². The predicted octanol–water partition coefficient (Wildman–Crippen LogP) is 1.69. The molecule has 2 aromatic rings. The molecule has 0 atom stereocenters. The highest BCUT2D eigenvalue weighted by molar-refractivity contribution is 6.32. The second-order valence-corrected chi connectivity index (χ2v) is 4.37. The first kappa shape index (κ1) is 14.2. The third-order valence-electron chi connectivity index (χ3n) is 2.60. The van der Waals surface area contributed by atoms with Crippen LogP contribution in [-0.2, 0) is 19.5 Å². The fourth-order valence-electron chi connectivity index (χ4n) is 1.58. The number of nitrogens with zero attached hydrogens (tertiary/aromatic N) is 3. The van der Waals surface area contributed by atoms with Crippen molar-refractivity contribution in [2.45, 2.75) is 26.4 Å². The molecule has 0 aliphatic carbocycles. The van der Waals surface area contributed by atoms with Crippen LogP contribution in [0.15, 0.2) is 21.6 Å². The van der Waals surface area contributed by atoms with Gasteiger partial charge in [-0.05, 0) is 0 Å². The van der Waals surface area contributed by atoms with E-state index >= 15 is 0 Å². The van der Waals surface area contributed by atoms with Crippen molar-refractivity contribution in [1.29, 1.82) is 0 Å². The van der Waals surface area contributed by atoms with Crippen LogP contribution in [0.2, 0.25) is 5.02 Å². The van der Waals surface area contributed by atoms with Gasteiger partial charge in [0.2, 0.25) is 5.89 Å². The number of hydrogen-bond acceptors (Lipinski definition) is 5. The largest absolute Gasteiger partial charge is 0.444 e. The standard InChI is InChI=1S/C13H13ClN4O2/c1-3-5-18-13(19)12(10(14)7-17-18)16-8-11-15-6-9(4-2)20-11/h1,6-7,16H,4-5,8H2,2H3. The van der Waals surface area contributed by atoms with E-state index in [0.717, 1.165) is 16.9 Å². The molecular weight excluding hydrogens is 280 g/mol. The lowest BCUT2D eigenvalue weighted by atomic mass is 10.4. The SMILES string of the molecule is C#CCn1ncc(Cl)c(NCc2ncc(CC)o2)c1=O. The maximum absolute atomic E-state index is 12.1. The fourth-order valence-corrected chi connectivity index (χ4v) is 1.78. The summed E-state index contributed by atoms with van der Waals surface area (Å²) in [7, 11) is 0. The third-order valence-corrected chi connectivity index (χ3v) is 2.89. The number of nitrogens with one attached hydrogen (secondary N) is 1. The molecule has 20 heavy (non-hydrogen) atoms. The van der Waals surface area contributed by atoms with Crippen LogP contribution in [0.1, 0.15) is 18.6 Å². The van der Waals surface area contributed by atoms with Crippen molar-refractivity contribution < 1.29 is 4.42 Å². The highest BCUT2D eigenvalue weighted by Crippen LogP contribution is 2.16. The summed E-state index contributed by atoms with van der Waals surface area (Å²) in [6.07, 6.45) is 8.96. The Bertz CT molecular complexity index is 699. The maximum Gasteiger partial charge on any atom is 0.292 e.